The maximum Gasteiger partial charge on any atom is 0.136 e. The number of benzene rings is 12. The highest BCUT2D eigenvalue weighted by molar-refractivity contribution is 6.15. The molecule has 0 bridgehead atoms. The molecule has 3 heteroatoms. The molecule has 71 heavy (non-hydrogen) atoms. The van der Waals surface area contributed by atoms with Gasteiger partial charge in [-0.2, -0.15) is 0 Å². The lowest BCUT2D eigenvalue weighted by molar-refractivity contribution is 0.669. The van der Waals surface area contributed by atoms with Crippen LogP contribution in [-0.2, 0) is 0 Å². The zero-order valence-corrected chi connectivity index (χ0v) is 38.7. The fourth-order valence-corrected chi connectivity index (χ4v) is 11.1. The van der Waals surface area contributed by atoms with Crippen molar-refractivity contribution in [1.82, 2.24) is 4.57 Å². The van der Waals surface area contributed by atoms with E-state index < -0.39 is 0 Å². The van der Waals surface area contributed by atoms with Gasteiger partial charge in [0.05, 0.1) is 11.0 Å². The summed E-state index contributed by atoms with van der Waals surface area (Å²) in [5.74, 6) is 0. The first-order valence-electron chi connectivity index (χ1n) is 24.3. The molecule has 0 saturated carbocycles. The van der Waals surface area contributed by atoms with Gasteiger partial charge in [0.25, 0.3) is 0 Å². The number of nitrogens with zero attached hydrogens (tertiary/aromatic N) is 2. The molecule has 0 aliphatic heterocycles. The van der Waals surface area contributed by atoms with Crippen LogP contribution in [0.1, 0.15) is 0 Å². The zero-order valence-electron chi connectivity index (χ0n) is 38.7. The standard InChI is InChI=1S/C68H44N2O/c1-2-22-56-51(15-1)44-63(59-24-4-3-23-58(56)59)46-35-39-53(40-36-46)69(54-20-13-19-50(43-54)57-28-14-32-67-68(57)62-27-7-10-31-66(62)71-67)52-37-33-45(34-38-52)47-16-11-17-48(41-47)49-18-12-21-55(42-49)70-64-29-8-5-25-60(64)61-26-6-9-30-65(61)70/h1-44H. The summed E-state index contributed by atoms with van der Waals surface area (Å²) in [7, 11) is 0. The van der Waals surface area contributed by atoms with Gasteiger partial charge in [0.15, 0.2) is 0 Å². The van der Waals surface area contributed by atoms with Crippen molar-refractivity contribution in [2.24, 2.45) is 0 Å². The Balaban J connectivity index is 0.853. The number of hydrogen-bond donors (Lipinski definition) is 0. The fraction of sp³-hybridized carbons (Fsp3) is 0. The van der Waals surface area contributed by atoms with Crippen LogP contribution in [0.15, 0.2) is 271 Å². The van der Waals surface area contributed by atoms with Crippen molar-refractivity contribution in [2.75, 3.05) is 4.90 Å². The van der Waals surface area contributed by atoms with Crippen molar-refractivity contribution in [3.05, 3.63) is 267 Å². The maximum absolute atomic E-state index is 6.35. The van der Waals surface area contributed by atoms with Crippen LogP contribution >= 0.6 is 0 Å². The van der Waals surface area contributed by atoms with E-state index in [-0.39, 0.29) is 0 Å². The van der Waals surface area contributed by atoms with E-state index in [9.17, 15) is 0 Å². The van der Waals surface area contributed by atoms with Crippen molar-refractivity contribution in [2.45, 2.75) is 0 Å². The molecular weight excluding hydrogens is 861 g/mol. The summed E-state index contributed by atoms with van der Waals surface area (Å²) < 4.78 is 8.73. The van der Waals surface area contributed by atoms with Crippen LogP contribution in [0.25, 0.3) is 115 Å². The molecule has 3 nitrogen and oxygen atoms in total. The number of fused-ring (bicyclic) bond motifs is 9. The van der Waals surface area contributed by atoms with Gasteiger partial charge in [0, 0.05) is 44.3 Å². The summed E-state index contributed by atoms with van der Waals surface area (Å²) in [5.41, 5.74) is 17.9. The molecule has 0 spiro atoms. The van der Waals surface area contributed by atoms with E-state index in [1.54, 1.807) is 0 Å². The first-order chi connectivity index (χ1) is 35.2. The Morgan fingerprint density at radius 1 is 0.282 bits per heavy atom. The van der Waals surface area contributed by atoms with Crippen LogP contribution in [0, 0.1) is 0 Å². The lowest BCUT2D eigenvalue weighted by atomic mass is 9.93. The molecule has 12 aromatic carbocycles. The molecule has 0 N–H and O–H groups in total. The molecule has 332 valence electrons. The maximum atomic E-state index is 6.35. The predicted octanol–water partition coefficient (Wildman–Crippen LogP) is 19.1. The van der Waals surface area contributed by atoms with Gasteiger partial charge in [0.2, 0.25) is 0 Å². The Morgan fingerprint density at radius 3 is 1.56 bits per heavy atom. The number of anilines is 3. The first-order valence-corrected chi connectivity index (χ1v) is 24.3. The lowest BCUT2D eigenvalue weighted by Crippen LogP contribution is -2.10. The Labute approximate surface area is 411 Å². The third kappa shape index (κ3) is 6.89. The fourth-order valence-electron chi connectivity index (χ4n) is 11.1. The second kappa shape index (κ2) is 16.7. The SMILES string of the molecule is c1cc(-c2ccc(N(c3ccc(-c4cc5ccccc5c5ccccc45)cc3)c3cccc(-c4cccc5oc6ccccc6c45)c3)cc2)cc(-c2cccc(-n3c4ccccc4c4ccccc43)c2)c1. The van der Waals surface area contributed by atoms with Crippen molar-refractivity contribution >= 4 is 82.4 Å². The number of para-hydroxylation sites is 3. The minimum absolute atomic E-state index is 0.887. The smallest absolute Gasteiger partial charge is 0.136 e. The summed E-state index contributed by atoms with van der Waals surface area (Å²) in [6.07, 6.45) is 0. The molecule has 0 fully saturated rings. The van der Waals surface area contributed by atoms with Gasteiger partial charge >= 0.3 is 0 Å². The second-order valence-electron chi connectivity index (χ2n) is 18.4. The van der Waals surface area contributed by atoms with E-state index in [1.165, 1.54) is 65.6 Å². The van der Waals surface area contributed by atoms with E-state index in [1.807, 2.05) is 12.1 Å². The van der Waals surface area contributed by atoms with Crippen LogP contribution in [0.3, 0.4) is 0 Å². The Morgan fingerprint density at radius 2 is 0.817 bits per heavy atom. The van der Waals surface area contributed by atoms with E-state index in [4.69, 9.17) is 4.42 Å². The molecule has 0 atom stereocenters. The minimum Gasteiger partial charge on any atom is -0.456 e. The first kappa shape index (κ1) is 40.6. The average molecular weight is 905 g/mol. The highest BCUT2D eigenvalue weighted by Gasteiger charge is 2.19. The molecule has 0 aliphatic rings. The van der Waals surface area contributed by atoms with Crippen LogP contribution in [-0.4, -0.2) is 4.57 Å². The molecule has 2 aromatic heterocycles. The Kier molecular flexibility index (Phi) is 9.53. The topological polar surface area (TPSA) is 21.3 Å². The summed E-state index contributed by atoms with van der Waals surface area (Å²) in [4.78, 5) is 2.37. The summed E-state index contributed by atoms with van der Waals surface area (Å²) in [5, 5.41) is 9.80. The van der Waals surface area contributed by atoms with Crippen molar-refractivity contribution in [1.29, 1.82) is 0 Å². The van der Waals surface area contributed by atoms with Crippen LogP contribution in [0.4, 0.5) is 17.1 Å². The zero-order chi connectivity index (χ0) is 46.8. The summed E-state index contributed by atoms with van der Waals surface area (Å²) in [6, 6.07) is 96.7. The molecule has 0 saturated heterocycles. The third-order valence-corrected chi connectivity index (χ3v) is 14.4. The van der Waals surface area contributed by atoms with Crippen molar-refractivity contribution < 1.29 is 4.42 Å². The molecule has 0 amide bonds. The number of furan rings is 1. The molecule has 0 aliphatic carbocycles. The van der Waals surface area contributed by atoms with E-state index >= 15 is 0 Å². The van der Waals surface area contributed by atoms with E-state index in [2.05, 4.69) is 264 Å². The molecule has 0 unspecified atom stereocenters. The largest absolute Gasteiger partial charge is 0.456 e. The predicted molar refractivity (Wildman–Crippen MR) is 299 cm³/mol. The number of hydrogen-bond acceptors (Lipinski definition) is 2. The number of aromatic nitrogens is 1. The van der Waals surface area contributed by atoms with Gasteiger partial charge in [-0.05, 0) is 151 Å². The van der Waals surface area contributed by atoms with Gasteiger partial charge in [-0.1, -0.05) is 182 Å². The third-order valence-electron chi connectivity index (χ3n) is 14.4. The lowest BCUT2D eigenvalue weighted by Gasteiger charge is -2.26. The Bertz CT molecular complexity index is 4290. The van der Waals surface area contributed by atoms with Gasteiger partial charge in [-0.3, -0.25) is 0 Å². The summed E-state index contributed by atoms with van der Waals surface area (Å²) >= 11 is 0. The molecule has 14 rings (SSSR count). The molecular formula is C68H44N2O. The van der Waals surface area contributed by atoms with E-state index in [0.29, 0.717) is 0 Å². The van der Waals surface area contributed by atoms with Crippen LogP contribution < -0.4 is 4.90 Å². The van der Waals surface area contributed by atoms with Crippen molar-refractivity contribution in [3.63, 3.8) is 0 Å². The van der Waals surface area contributed by atoms with Crippen LogP contribution in [0.5, 0.6) is 0 Å². The average Bonchev–Trinajstić information content (AvgIpc) is 4.00. The number of rotatable bonds is 8. The normalized spacial score (nSPS) is 11.7. The van der Waals surface area contributed by atoms with Crippen molar-refractivity contribution in [3.8, 4) is 50.2 Å². The molecule has 0 radical (unpaired) electrons. The van der Waals surface area contributed by atoms with E-state index in [0.717, 1.165) is 66.9 Å². The molecule has 14 aromatic rings. The quantitative estimate of drug-likeness (QED) is 0.142. The molecule has 2 heterocycles. The Hall–Kier alpha value is -9.44. The van der Waals surface area contributed by atoms with Gasteiger partial charge < -0.3 is 13.9 Å². The van der Waals surface area contributed by atoms with Crippen LogP contribution in [0.2, 0.25) is 0 Å². The summed E-state index contributed by atoms with van der Waals surface area (Å²) in [6.45, 7) is 0. The second-order valence-corrected chi connectivity index (χ2v) is 18.4. The highest BCUT2D eigenvalue weighted by Crippen LogP contribution is 2.43. The van der Waals surface area contributed by atoms with Gasteiger partial charge in [-0.15, -0.1) is 0 Å². The minimum atomic E-state index is 0.887. The monoisotopic (exact) mass is 904 g/mol. The van der Waals surface area contributed by atoms with Gasteiger partial charge in [0.1, 0.15) is 11.2 Å². The van der Waals surface area contributed by atoms with Gasteiger partial charge in [-0.25, -0.2) is 0 Å². The highest BCUT2D eigenvalue weighted by atomic mass is 16.3.